The summed E-state index contributed by atoms with van der Waals surface area (Å²) in [5.41, 5.74) is -0.137. The topological polar surface area (TPSA) is 41.6 Å². The zero-order chi connectivity index (χ0) is 15.2. The van der Waals surface area contributed by atoms with Gasteiger partial charge >= 0.3 is 5.97 Å². The number of nitrogens with zero attached hydrogens (tertiary/aromatic N) is 1. The lowest BCUT2D eigenvalue weighted by molar-refractivity contribution is -0.148. The van der Waals surface area contributed by atoms with E-state index in [4.69, 9.17) is 4.74 Å². The van der Waals surface area contributed by atoms with Gasteiger partial charge in [-0.25, -0.2) is 4.39 Å². The number of ether oxygens (including phenoxy) is 1. The first-order chi connectivity index (χ1) is 9.44. The van der Waals surface area contributed by atoms with Crippen LogP contribution in [0.15, 0.2) is 24.3 Å². The average Bonchev–Trinajstić information content (AvgIpc) is 2.46. The van der Waals surface area contributed by atoms with Crippen molar-refractivity contribution in [1.82, 2.24) is 5.32 Å². The SMILES string of the molecule is CNC(C)(CCCN(C)c1ccccc1F)C(=O)OC. The van der Waals surface area contributed by atoms with Crippen LogP contribution in [0, 0.1) is 5.82 Å². The zero-order valence-corrected chi connectivity index (χ0v) is 12.6. The van der Waals surface area contributed by atoms with Crippen LogP contribution in [-0.2, 0) is 9.53 Å². The first-order valence-electron chi connectivity index (χ1n) is 6.67. The van der Waals surface area contributed by atoms with Crippen LogP contribution in [0.4, 0.5) is 10.1 Å². The summed E-state index contributed by atoms with van der Waals surface area (Å²) < 4.78 is 18.4. The van der Waals surface area contributed by atoms with Crippen molar-refractivity contribution in [3.63, 3.8) is 0 Å². The van der Waals surface area contributed by atoms with Crippen molar-refractivity contribution in [2.75, 3.05) is 32.6 Å². The second kappa shape index (κ2) is 7.24. The van der Waals surface area contributed by atoms with E-state index in [2.05, 4.69) is 5.32 Å². The van der Waals surface area contributed by atoms with E-state index in [-0.39, 0.29) is 11.8 Å². The summed E-state index contributed by atoms with van der Waals surface area (Å²) in [4.78, 5) is 13.6. The van der Waals surface area contributed by atoms with Gasteiger partial charge in [-0.2, -0.15) is 0 Å². The second-order valence-electron chi connectivity index (χ2n) is 5.05. The van der Waals surface area contributed by atoms with E-state index >= 15 is 0 Å². The molecule has 1 atom stereocenters. The molecule has 0 fully saturated rings. The van der Waals surface area contributed by atoms with Crippen LogP contribution in [-0.4, -0.2) is 39.3 Å². The lowest BCUT2D eigenvalue weighted by atomic mass is 9.96. The van der Waals surface area contributed by atoms with E-state index in [1.54, 1.807) is 25.2 Å². The van der Waals surface area contributed by atoms with Crippen LogP contribution in [0.5, 0.6) is 0 Å². The minimum absolute atomic E-state index is 0.237. The number of rotatable bonds is 7. The molecule has 4 nitrogen and oxygen atoms in total. The number of methoxy groups -OCH3 is 1. The van der Waals surface area contributed by atoms with Gasteiger partial charge in [0.15, 0.2) is 0 Å². The molecule has 20 heavy (non-hydrogen) atoms. The number of benzene rings is 1. The standard InChI is InChI=1S/C15H23FN2O2/c1-15(17-2,14(19)20-4)10-7-11-18(3)13-9-6-5-8-12(13)16/h5-6,8-9,17H,7,10-11H2,1-4H3. The van der Waals surface area contributed by atoms with Crippen molar-refractivity contribution >= 4 is 11.7 Å². The number of carbonyl (C=O) groups excluding carboxylic acids is 1. The molecule has 0 amide bonds. The number of esters is 1. The Morgan fingerprint density at radius 2 is 2.10 bits per heavy atom. The van der Waals surface area contributed by atoms with E-state index in [9.17, 15) is 9.18 Å². The third kappa shape index (κ3) is 3.93. The molecule has 0 aliphatic rings. The summed E-state index contributed by atoms with van der Waals surface area (Å²) in [6.45, 7) is 2.47. The van der Waals surface area contributed by atoms with Gasteiger partial charge in [0.2, 0.25) is 0 Å². The molecule has 0 spiro atoms. The first-order valence-corrected chi connectivity index (χ1v) is 6.67. The molecule has 112 valence electrons. The maximum absolute atomic E-state index is 13.6. The number of anilines is 1. The fourth-order valence-electron chi connectivity index (χ4n) is 2.11. The molecule has 1 aromatic rings. The van der Waals surface area contributed by atoms with Crippen LogP contribution in [0.1, 0.15) is 19.8 Å². The summed E-state index contributed by atoms with van der Waals surface area (Å²) >= 11 is 0. The summed E-state index contributed by atoms with van der Waals surface area (Å²) in [5, 5.41) is 2.99. The molecular weight excluding hydrogens is 259 g/mol. The van der Waals surface area contributed by atoms with Gasteiger partial charge in [-0.3, -0.25) is 4.79 Å². The minimum atomic E-state index is -0.704. The van der Waals surface area contributed by atoms with Crippen molar-refractivity contribution in [2.24, 2.45) is 0 Å². The molecule has 0 radical (unpaired) electrons. The number of hydrogen-bond acceptors (Lipinski definition) is 4. The molecular formula is C15H23FN2O2. The smallest absolute Gasteiger partial charge is 0.325 e. The molecule has 0 aliphatic heterocycles. The number of likely N-dealkylation sites (N-methyl/N-ethyl adjacent to an activating group) is 1. The predicted molar refractivity (Wildman–Crippen MR) is 78.4 cm³/mol. The van der Waals surface area contributed by atoms with Crippen LogP contribution >= 0.6 is 0 Å². The van der Waals surface area contributed by atoms with Crippen LogP contribution in [0.2, 0.25) is 0 Å². The third-order valence-corrected chi connectivity index (χ3v) is 3.62. The quantitative estimate of drug-likeness (QED) is 0.778. The van der Waals surface area contributed by atoms with Gasteiger partial charge in [-0.15, -0.1) is 0 Å². The van der Waals surface area contributed by atoms with E-state index in [1.165, 1.54) is 13.2 Å². The summed E-state index contributed by atoms with van der Waals surface area (Å²) in [6.07, 6.45) is 1.37. The number of hydrogen-bond donors (Lipinski definition) is 1. The monoisotopic (exact) mass is 282 g/mol. The first kappa shape index (κ1) is 16.4. The largest absolute Gasteiger partial charge is 0.468 e. The Morgan fingerprint density at radius 3 is 2.65 bits per heavy atom. The fourth-order valence-corrected chi connectivity index (χ4v) is 2.11. The highest BCUT2D eigenvalue weighted by Crippen LogP contribution is 2.19. The fraction of sp³-hybridized carbons (Fsp3) is 0.533. The number of para-hydroxylation sites is 1. The highest BCUT2D eigenvalue weighted by Gasteiger charge is 2.31. The second-order valence-corrected chi connectivity index (χ2v) is 5.05. The maximum Gasteiger partial charge on any atom is 0.325 e. The average molecular weight is 282 g/mol. The molecule has 0 aliphatic carbocycles. The highest BCUT2D eigenvalue weighted by atomic mass is 19.1. The molecule has 0 saturated carbocycles. The summed E-state index contributed by atoms with van der Waals surface area (Å²) in [7, 11) is 4.95. The Morgan fingerprint density at radius 1 is 1.45 bits per heavy atom. The van der Waals surface area contributed by atoms with Gasteiger partial charge < -0.3 is 15.0 Å². The maximum atomic E-state index is 13.6. The highest BCUT2D eigenvalue weighted by molar-refractivity contribution is 5.80. The lowest BCUT2D eigenvalue weighted by Crippen LogP contribution is -2.48. The van der Waals surface area contributed by atoms with Crippen LogP contribution < -0.4 is 10.2 Å². The Bertz CT molecular complexity index is 453. The van der Waals surface area contributed by atoms with Crippen molar-refractivity contribution in [3.8, 4) is 0 Å². The number of nitrogens with one attached hydrogen (secondary N) is 1. The van der Waals surface area contributed by atoms with Crippen molar-refractivity contribution in [1.29, 1.82) is 0 Å². The molecule has 1 unspecified atom stereocenters. The van der Waals surface area contributed by atoms with Crippen molar-refractivity contribution < 1.29 is 13.9 Å². The third-order valence-electron chi connectivity index (χ3n) is 3.62. The molecule has 0 aromatic heterocycles. The Kier molecular flexibility index (Phi) is 5.95. The van der Waals surface area contributed by atoms with Gasteiger partial charge in [0.25, 0.3) is 0 Å². The van der Waals surface area contributed by atoms with Crippen molar-refractivity contribution in [3.05, 3.63) is 30.1 Å². The lowest BCUT2D eigenvalue weighted by Gasteiger charge is -2.27. The van der Waals surface area contributed by atoms with E-state index in [0.717, 1.165) is 6.42 Å². The molecule has 0 bridgehead atoms. The molecule has 0 saturated heterocycles. The number of carbonyl (C=O) groups is 1. The molecule has 0 heterocycles. The van der Waals surface area contributed by atoms with Gasteiger partial charge in [0, 0.05) is 13.6 Å². The predicted octanol–water partition coefficient (Wildman–Crippen LogP) is 2.19. The van der Waals surface area contributed by atoms with E-state index < -0.39 is 5.54 Å². The van der Waals surface area contributed by atoms with Crippen molar-refractivity contribution in [2.45, 2.75) is 25.3 Å². The van der Waals surface area contributed by atoms with Crippen LogP contribution in [0.3, 0.4) is 0 Å². The van der Waals surface area contributed by atoms with Gasteiger partial charge in [0.05, 0.1) is 12.8 Å². The van der Waals surface area contributed by atoms with E-state index in [1.807, 2.05) is 18.9 Å². The van der Waals surface area contributed by atoms with Crippen LogP contribution in [0.25, 0.3) is 0 Å². The summed E-state index contributed by atoms with van der Waals surface area (Å²) in [6, 6.07) is 6.66. The molecule has 1 rings (SSSR count). The molecule has 1 N–H and O–H groups in total. The number of halogens is 1. The Balaban J connectivity index is 2.56. The Labute approximate surface area is 119 Å². The minimum Gasteiger partial charge on any atom is -0.468 e. The van der Waals surface area contributed by atoms with E-state index in [0.29, 0.717) is 18.7 Å². The van der Waals surface area contributed by atoms with Gasteiger partial charge in [-0.1, -0.05) is 12.1 Å². The molecule has 5 heteroatoms. The summed E-state index contributed by atoms with van der Waals surface area (Å²) in [5.74, 6) is -0.520. The zero-order valence-electron chi connectivity index (χ0n) is 12.6. The van der Waals surface area contributed by atoms with Gasteiger partial charge in [-0.05, 0) is 38.9 Å². The Hall–Kier alpha value is -1.62. The normalized spacial score (nSPS) is 13.7. The molecule has 1 aromatic carbocycles. The van der Waals surface area contributed by atoms with Gasteiger partial charge in [0.1, 0.15) is 11.4 Å².